The Balaban J connectivity index is 1.30. The van der Waals surface area contributed by atoms with Gasteiger partial charge in [-0.05, 0) is 47.2 Å². The number of anilines is 2. The molecule has 1 fully saturated rings. The average molecular weight is 379 g/mol. The van der Waals surface area contributed by atoms with Crippen LogP contribution in [-0.2, 0) is 4.79 Å². The predicted molar refractivity (Wildman–Crippen MR) is 103 cm³/mol. The Morgan fingerprint density at radius 3 is 2.61 bits per heavy atom. The summed E-state index contributed by atoms with van der Waals surface area (Å²) < 4.78 is 1.59. The largest absolute Gasteiger partial charge is 0.338 e. The van der Waals surface area contributed by atoms with E-state index in [-0.39, 0.29) is 5.91 Å². The molecular formula is C18H21N9O. The molecule has 0 unspecified atom stereocenters. The number of aromatic nitrogens is 6. The van der Waals surface area contributed by atoms with Crippen molar-refractivity contribution in [3.05, 3.63) is 48.5 Å². The summed E-state index contributed by atoms with van der Waals surface area (Å²) in [6.45, 7) is 5.51. The lowest BCUT2D eigenvalue weighted by molar-refractivity contribution is -0.117. The van der Waals surface area contributed by atoms with Gasteiger partial charge in [0.05, 0.1) is 12.2 Å². The van der Waals surface area contributed by atoms with Crippen LogP contribution in [0.5, 0.6) is 0 Å². The van der Waals surface area contributed by atoms with Gasteiger partial charge in [0.25, 0.3) is 0 Å². The van der Waals surface area contributed by atoms with Gasteiger partial charge in [-0.1, -0.05) is 0 Å². The van der Waals surface area contributed by atoms with Gasteiger partial charge in [-0.15, -0.1) is 5.10 Å². The van der Waals surface area contributed by atoms with Gasteiger partial charge in [0.15, 0.2) is 0 Å². The Morgan fingerprint density at radius 1 is 1.14 bits per heavy atom. The lowest BCUT2D eigenvalue weighted by Crippen LogP contribution is -2.49. The normalized spacial score (nSPS) is 14.8. The molecule has 1 saturated heterocycles. The topological polar surface area (TPSA) is 105 Å². The summed E-state index contributed by atoms with van der Waals surface area (Å²) in [4.78, 5) is 25.3. The summed E-state index contributed by atoms with van der Waals surface area (Å²) >= 11 is 0. The molecule has 0 spiro atoms. The maximum absolute atomic E-state index is 12.4. The third-order valence-electron chi connectivity index (χ3n) is 4.65. The Kier molecular flexibility index (Phi) is 5.20. The molecule has 28 heavy (non-hydrogen) atoms. The maximum atomic E-state index is 12.4. The van der Waals surface area contributed by atoms with Crippen LogP contribution in [0.25, 0.3) is 5.69 Å². The van der Waals surface area contributed by atoms with E-state index in [1.807, 2.05) is 25.1 Å². The molecule has 1 amide bonds. The molecular weight excluding hydrogens is 358 g/mol. The summed E-state index contributed by atoms with van der Waals surface area (Å²) in [6, 6.07) is 7.47. The van der Waals surface area contributed by atoms with Crippen molar-refractivity contribution >= 4 is 17.5 Å². The number of hydrogen-bond acceptors (Lipinski definition) is 8. The molecule has 1 aliphatic heterocycles. The Labute approximate surface area is 162 Å². The van der Waals surface area contributed by atoms with Crippen LogP contribution in [0.1, 0.15) is 5.56 Å². The van der Waals surface area contributed by atoms with Gasteiger partial charge in [-0.2, -0.15) is 0 Å². The summed E-state index contributed by atoms with van der Waals surface area (Å²) in [5.41, 5.74) is 2.61. The maximum Gasteiger partial charge on any atom is 0.238 e. The van der Waals surface area contributed by atoms with Crippen molar-refractivity contribution < 1.29 is 4.79 Å². The first-order valence-electron chi connectivity index (χ1n) is 9.07. The summed E-state index contributed by atoms with van der Waals surface area (Å²) in [6.07, 6.45) is 5.03. The third-order valence-corrected chi connectivity index (χ3v) is 4.65. The molecule has 3 aromatic rings. The molecule has 144 valence electrons. The van der Waals surface area contributed by atoms with Crippen LogP contribution < -0.4 is 10.2 Å². The SMILES string of the molecule is Cc1cc(NC(=O)CN2CCN(c3ncccn3)CC2)ccc1-n1cnnn1. The highest BCUT2D eigenvalue weighted by Crippen LogP contribution is 2.18. The van der Waals surface area contributed by atoms with Crippen molar-refractivity contribution in [2.24, 2.45) is 0 Å². The number of carbonyl (C=O) groups is 1. The van der Waals surface area contributed by atoms with Crippen LogP contribution >= 0.6 is 0 Å². The van der Waals surface area contributed by atoms with Gasteiger partial charge in [-0.25, -0.2) is 14.6 Å². The number of hydrogen-bond donors (Lipinski definition) is 1. The van der Waals surface area contributed by atoms with Crippen LogP contribution in [0.15, 0.2) is 43.0 Å². The molecule has 0 atom stereocenters. The highest BCUT2D eigenvalue weighted by molar-refractivity contribution is 5.92. The number of rotatable bonds is 5. The minimum absolute atomic E-state index is 0.0287. The van der Waals surface area contributed by atoms with Gasteiger partial charge in [0.1, 0.15) is 6.33 Å². The molecule has 3 heterocycles. The zero-order chi connectivity index (χ0) is 19.3. The number of aryl methyl sites for hydroxylation is 1. The zero-order valence-electron chi connectivity index (χ0n) is 15.6. The van der Waals surface area contributed by atoms with Crippen LogP contribution in [-0.4, -0.2) is 73.7 Å². The molecule has 0 bridgehead atoms. The van der Waals surface area contributed by atoms with Crippen molar-refractivity contribution in [1.82, 2.24) is 35.1 Å². The van der Waals surface area contributed by atoms with Crippen LogP contribution in [0.2, 0.25) is 0 Å². The van der Waals surface area contributed by atoms with Crippen molar-refractivity contribution in [1.29, 1.82) is 0 Å². The third kappa shape index (κ3) is 4.12. The summed E-state index contributed by atoms with van der Waals surface area (Å²) in [5.74, 6) is 0.712. The highest BCUT2D eigenvalue weighted by Gasteiger charge is 2.20. The lowest BCUT2D eigenvalue weighted by Gasteiger charge is -2.34. The zero-order valence-corrected chi connectivity index (χ0v) is 15.6. The first-order chi connectivity index (χ1) is 13.7. The second-order valence-electron chi connectivity index (χ2n) is 6.62. The monoisotopic (exact) mass is 379 g/mol. The Morgan fingerprint density at radius 2 is 1.93 bits per heavy atom. The van der Waals surface area contributed by atoms with Gasteiger partial charge < -0.3 is 10.2 Å². The van der Waals surface area contributed by atoms with Crippen LogP contribution in [0.3, 0.4) is 0 Å². The van der Waals surface area contributed by atoms with E-state index in [2.05, 4.69) is 40.6 Å². The molecule has 2 aromatic heterocycles. The van der Waals surface area contributed by atoms with Crippen molar-refractivity contribution in [2.75, 3.05) is 42.9 Å². The van der Waals surface area contributed by atoms with E-state index in [0.717, 1.165) is 49.1 Å². The highest BCUT2D eigenvalue weighted by atomic mass is 16.2. The molecule has 1 aliphatic rings. The first-order valence-corrected chi connectivity index (χ1v) is 9.07. The quantitative estimate of drug-likeness (QED) is 0.684. The number of tetrazole rings is 1. The number of amides is 1. The molecule has 0 aliphatic carbocycles. The molecule has 10 nitrogen and oxygen atoms in total. The first kappa shape index (κ1) is 18.0. The second kappa shape index (κ2) is 8.09. The molecule has 0 radical (unpaired) electrons. The lowest BCUT2D eigenvalue weighted by atomic mass is 10.2. The van der Waals surface area contributed by atoms with Crippen LogP contribution in [0.4, 0.5) is 11.6 Å². The fourth-order valence-corrected chi connectivity index (χ4v) is 3.23. The van der Waals surface area contributed by atoms with E-state index in [1.54, 1.807) is 29.5 Å². The van der Waals surface area contributed by atoms with E-state index in [0.29, 0.717) is 6.54 Å². The minimum Gasteiger partial charge on any atom is -0.338 e. The van der Waals surface area contributed by atoms with Crippen molar-refractivity contribution in [3.8, 4) is 5.69 Å². The minimum atomic E-state index is -0.0287. The average Bonchev–Trinajstić information content (AvgIpc) is 3.24. The molecule has 1 N–H and O–H groups in total. The second-order valence-corrected chi connectivity index (χ2v) is 6.62. The molecule has 4 rings (SSSR count). The number of nitrogens with one attached hydrogen (secondary N) is 1. The summed E-state index contributed by atoms with van der Waals surface area (Å²) in [7, 11) is 0. The van der Waals surface area contributed by atoms with Crippen molar-refractivity contribution in [3.63, 3.8) is 0 Å². The Bertz CT molecular complexity index is 921. The van der Waals surface area contributed by atoms with E-state index < -0.39 is 0 Å². The number of benzene rings is 1. The summed E-state index contributed by atoms with van der Waals surface area (Å²) in [5, 5.41) is 14.1. The van der Waals surface area contributed by atoms with Gasteiger partial charge in [-0.3, -0.25) is 9.69 Å². The van der Waals surface area contributed by atoms with E-state index in [4.69, 9.17) is 0 Å². The van der Waals surface area contributed by atoms with Crippen LogP contribution in [0, 0.1) is 6.92 Å². The standard InChI is InChI=1S/C18H21N9O/c1-14-11-15(3-4-16(14)27-13-21-23-24-27)22-17(28)12-25-7-9-26(10-8-25)18-19-5-2-6-20-18/h2-6,11,13H,7-10,12H2,1H3,(H,22,28). The number of carbonyl (C=O) groups excluding carboxylic acids is 1. The van der Waals surface area contributed by atoms with Gasteiger partial charge >= 0.3 is 0 Å². The van der Waals surface area contributed by atoms with Crippen molar-refractivity contribution in [2.45, 2.75) is 6.92 Å². The van der Waals surface area contributed by atoms with Gasteiger partial charge in [0.2, 0.25) is 11.9 Å². The Hall–Kier alpha value is -3.40. The van der Waals surface area contributed by atoms with Gasteiger partial charge in [0, 0.05) is 44.3 Å². The molecule has 10 heteroatoms. The fraction of sp³-hybridized carbons (Fsp3) is 0.333. The van der Waals surface area contributed by atoms with E-state index >= 15 is 0 Å². The number of piperazine rings is 1. The fourth-order valence-electron chi connectivity index (χ4n) is 3.23. The number of nitrogens with zero attached hydrogens (tertiary/aromatic N) is 8. The van der Waals surface area contributed by atoms with E-state index in [1.165, 1.54) is 0 Å². The molecule has 1 aromatic carbocycles. The molecule has 0 saturated carbocycles. The smallest absolute Gasteiger partial charge is 0.238 e. The van der Waals surface area contributed by atoms with E-state index in [9.17, 15) is 4.79 Å². The predicted octanol–water partition coefficient (Wildman–Crippen LogP) is 0.521.